The molecule has 0 spiro atoms. The first-order valence-electron chi connectivity index (χ1n) is 9.05. The lowest BCUT2D eigenvalue weighted by Gasteiger charge is -2.22. The molecule has 0 amide bonds. The molecule has 9 heteroatoms. The highest BCUT2D eigenvalue weighted by molar-refractivity contribution is 5.86. The minimum Gasteiger partial charge on any atom is -0.379 e. The first kappa shape index (κ1) is 18.4. The largest absolute Gasteiger partial charge is 0.379 e. The number of nitrogens with zero attached hydrogens (tertiary/aromatic N) is 6. The van der Waals surface area contributed by atoms with Gasteiger partial charge in [0.05, 0.1) is 18.2 Å². The molecule has 2 aromatic heterocycles. The van der Waals surface area contributed by atoms with Gasteiger partial charge in [0.1, 0.15) is 12.1 Å². The van der Waals surface area contributed by atoms with E-state index in [0.29, 0.717) is 6.54 Å². The zero-order valence-electron chi connectivity index (χ0n) is 15.8. The number of ether oxygens (including phenoxy) is 1. The van der Waals surface area contributed by atoms with E-state index in [9.17, 15) is 0 Å². The van der Waals surface area contributed by atoms with Crippen molar-refractivity contribution in [3.63, 3.8) is 0 Å². The number of likely N-dealkylation sites (N-methyl/N-ethyl adjacent to an activating group) is 1. The van der Waals surface area contributed by atoms with Crippen LogP contribution < -0.4 is 10.6 Å². The Labute approximate surface area is 153 Å². The third-order valence-electron chi connectivity index (χ3n) is 4.42. The molecule has 0 aliphatic heterocycles. The molecule has 0 saturated heterocycles. The normalized spacial score (nSPS) is 14.7. The Bertz CT molecular complexity index is 739. The Balaban J connectivity index is 1.39. The lowest BCUT2D eigenvalue weighted by atomic mass is 10.4. The predicted molar refractivity (Wildman–Crippen MR) is 102 cm³/mol. The van der Waals surface area contributed by atoms with Gasteiger partial charge in [-0.1, -0.05) is 0 Å². The zero-order chi connectivity index (χ0) is 18.4. The smallest absolute Gasteiger partial charge is 0.193 e. The van der Waals surface area contributed by atoms with Gasteiger partial charge in [0, 0.05) is 47.4 Å². The lowest BCUT2D eigenvalue weighted by Crippen LogP contribution is -2.42. The molecule has 0 bridgehead atoms. The fraction of sp³-hybridized carbons (Fsp3) is 0.647. The molecule has 1 fully saturated rings. The van der Waals surface area contributed by atoms with Crippen LogP contribution in [0.4, 0.5) is 5.82 Å². The molecule has 0 unspecified atom stereocenters. The highest BCUT2D eigenvalue weighted by Crippen LogP contribution is 2.28. The Morgan fingerprint density at radius 1 is 1.38 bits per heavy atom. The van der Waals surface area contributed by atoms with Gasteiger partial charge < -0.3 is 20.3 Å². The van der Waals surface area contributed by atoms with Crippen LogP contribution in [-0.2, 0) is 11.8 Å². The number of hydrogen-bond acceptors (Lipinski definition) is 6. The zero-order valence-corrected chi connectivity index (χ0v) is 15.8. The second-order valence-electron chi connectivity index (χ2n) is 6.57. The number of hydrogen-bond donors (Lipinski definition) is 2. The number of guanidine groups is 1. The van der Waals surface area contributed by atoms with E-state index in [1.807, 2.05) is 14.1 Å². The van der Waals surface area contributed by atoms with E-state index in [1.165, 1.54) is 12.8 Å². The van der Waals surface area contributed by atoms with Crippen LogP contribution in [-0.4, -0.2) is 77.6 Å². The summed E-state index contributed by atoms with van der Waals surface area (Å²) in [5.41, 5.74) is 0.817. The first-order chi connectivity index (χ1) is 12.7. The van der Waals surface area contributed by atoms with Crippen LogP contribution in [0, 0.1) is 5.92 Å². The number of aromatic nitrogens is 4. The van der Waals surface area contributed by atoms with E-state index in [-0.39, 0.29) is 0 Å². The van der Waals surface area contributed by atoms with Gasteiger partial charge in [-0.05, 0) is 18.8 Å². The summed E-state index contributed by atoms with van der Waals surface area (Å²) in [6.07, 6.45) is 5.97. The number of anilines is 1. The summed E-state index contributed by atoms with van der Waals surface area (Å²) in [4.78, 5) is 14.9. The summed E-state index contributed by atoms with van der Waals surface area (Å²) < 4.78 is 7.43. The summed E-state index contributed by atoms with van der Waals surface area (Å²) in [6, 6.07) is 0. The maximum absolute atomic E-state index is 5.69. The van der Waals surface area contributed by atoms with Crippen molar-refractivity contribution in [2.75, 3.05) is 52.3 Å². The summed E-state index contributed by atoms with van der Waals surface area (Å²) >= 11 is 0. The van der Waals surface area contributed by atoms with E-state index in [4.69, 9.17) is 4.74 Å². The molecule has 9 nitrogen and oxygen atoms in total. The highest BCUT2D eigenvalue weighted by atomic mass is 16.5. The molecule has 2 aromatic rings. The van der Waals surface area contributed by atoms with E-state index >= 15 is 0 Å². The monoisotopic (exact) mass is 360 g/mol. The van der Waals surface area contributed by atoms with E-state index < -0.39 is 0 Å². The maximum Gasteiger partial charge on any atom is 0.193 e. The number of fused-ring (bicyclic) bond motifs is 1. The molecule has 142 valence electrons. The highest BCUT2D eigenvalue weighted by Gasteiger charge is 2.21. The topological polar surface area (TPSA) is 92.5 Å². The Kier molecular flexibility index (Phi) is 6.21. The molecule has 0 radical (unpaired) electrons. The fourth-order valence-corrected chi connectivity index (χ4v) is 2.68. The van der Waals surface area contributed by atoms with E-state index in [1.54, 1.807) is 24.3 Å². The number of aryl methyl sites for hydroxylation is 1. The minimum atomic E-state index is 0.714. The van der Waals surface area contributed by atoms with Gasteiger partial charge in [-0.15, -0.1) is 0 Å². The van der Waals surface area contributed by atoms with Crippen LogP contribution in [0.5, 0.6) is 0 Å². The Hall–Kier alpha value is -2.42. The van der Waals surface area contributed by atoms with Crippen molar-refractivity contribution in [1.82, 2.24) is 30.0 Å². The van der Waals surface area contributed by atoms with Crippen LogP contribution in [0.1, 0.15) is 12.8 Å². The van der Waals surface area contributed by atoms with Gasteiger partial charge >= 0.3 is 0 Å². The second-order valence-corrected chi connectivity index (χ2v) is 6.57. The quantitative estimate of drug-likeness (QED) is 0.386. The van der Waals surface area contributed by atoms with E-state index in [2.05, 4.69) is 35.6 Å². The van der Waals surface area contributed by atoms with Crippen molar-refractivity contribution < 1.29 is 4.74 Å². The molecule has 1 saturated carbocycles. The molecule has 1 aliphatic rings. The van der Waals surface area contributed by atoms with Crippen LogP contribution in [0.15, 0.2) is 17.5 Å². The summed E-state index contributed by atoms with van der Waals surface area (Å²) in [5, 5.41) is 11.8. The summed E-state index contributed by atoms with van der Waals surface area (Å²) in [5.74, 6) is 2.45. The van der Waals surface area contributed by atoms with Gasteiger partial charge in [0.25, 0.3) is 0 Å². The number of aliphatic imine (C=N–C) groups is 1. The van der Waals surface area contributed by atoms with Crippen molar-refractivity contribution in [3.05, 3.63) is 12.5 Å². The van der Waals surface area contributed by atoms with Gasteiger partial charge in [-0.25, -0.2) is 9.97 Å². The van der Waals surface area contributed by atoms with Crippen LogP contribution >= 0.6 is 0 Å². The van der Waals surface area contributed by atoms with Crippen molar-refractivity contribution in [3.8, 4) is 0 Å². The molecule has 2 heterocycles. The van der Waals surface area contributed by atoms with Crippen molar-refractivity contribution in [2.24, 2.45) is 18.0 Å². The van der Waals surface area contributed by atoms with Gasteiger partial charge in [-0.3, -0.25) is 9.67 Å². The molecule has 0 atom stereocenters. The van der Waals surface area contributed by atoms with Crippen molar-refractivity contribution in [1.29, 1.82) is 0 Å². The Morgan fingerprint density at radius 2 is 2.23 bits per heavy atom. The molecular weight excluding hydrogens is 332 g/mol. The standard InChI is InChI=1S/C17H28N8O/c1-18-17(24(2)8-9-26-11-13-4-5-13)20-7-6-19-15-14-10-23-25(3)16(14)22-12-21-15/h10,12-13H,4-9,11H2,1-3H3,(H,18,20)(H,19,21,22). The lowest BCUT2D eigenvalue weighted by molar-refractivity contribution is 0.115. The van der Waals surface area contributed by atoms with Crippen LogP contribution in [0.25, 0.3) is 11.0 Å². The Morgan fingerprint density at radius 3 is 3.00 bits per heavy atom. The van der Waals surface area contributed by atoms with E-state index in [0.717, 1.165) is 55.0 Å². The minimum absolute atomic E-state index is 0.714. The van der Waals surface area contributed by atoms with Gasteiger partial charge in [0.15, 0.2) is 11.6 Å². The maximum atomic E-state index is 5.69. The van der Waals surface area contributed by atoms with Crippen LogP contribution in [0.3, 0.4) is 0 Å². The average Bonchev–Trinajstić information content (AvgIpc) is 3.40. The second kappa shape index (κ2) is 8.79. The number of rotatable bonds is 9. The van der Waals surface area contributed by atoms with Gasteiger partial charge in [0.2, 0.25) is 0 Å². The SMILES string of the molecule is CN=C(NCCNc1ncnc2c1cnn2C)N(C)CCOCC1CC1. The molecule has 26 heavy (non-hydrogen) atoms. The number of nitrogens with one attached hydrogen (secondary N) is 2. The molecular formula is C17H28N8O. The fourth-order valence-electron chi connectivity index (χ4n) is 2.68. The third kappa shape index (κ3) is 4.81. The third-order valence-corrected chi connectivity index (χ3v) is 4.42. The molecule has 0 aromatic carbocycles. The van der Waals surface area contributed by atoms with Crippen molar-refractivity contribution in [2.45, 2.75) is 12.8 Å². The predicted octanol–water partition coefficient (Wildman–Crippen LogP) is 0.709. The molecule has 1 aliphatic carbocycles. The van der Waals surface area contributed by atoms with Gasteiger partial charge in [-0.2, -0.15) is 5.10 Å². The average molecular weight is 360 g/mol. The van der Waals surface area contributed by atoms with Crippen LogP contribution in [0.2, 0.25) is 0 Å². The summed E-state index contributed by atoms with van der Waals surface area (Å²) in [7, 11) is 5.68. The van der Waals surface area contributed by atoms with Crippen molar-refractivity contribution >= 4 is 22.8 Å². The molecule has 3 rings (SSSR count). The first-order valence-corrected chi connectivity index (χ1v) is 9.05. The summed E-state index contributed by atoms with van der Waals surface area (Å²) in [6.45, 7) is 3.89. The molecule has 2 N–H and O–H groups in total.